The second-order valence-electron chi connectivity index (χ2n) is 11.3. The summed E-state index contributed by atoms with van der Waals surface area (Å²) in [6.07, 6.45) is 5.60. The quantitative estimate of drug-likeness (QED) is 0.133. The highest BCUT2D eigenvalue weighted by atomic mass is 16.6. The predicted molar refractivity (Wildman–Crippen MR) is 126 cm³/mol. The Balaban J connectivity index is 1.64. The van der Waals surface area contributed by atoms with Crippen LogP contribution in [-0.4, -0.2) is 88.3 Å². The fourth-order valence-corrected chi connectivity index (χ4v) is 6.53. The van der Waals surface area contributed by atoms with E-state index in [1.54, 1.807) is 0 Å². The second kappa shape index (κ2) is 11.5. The van der Waals surface area contributed by atoms with Gasteiger partial charge in [-0.2, -0.15) is 0 Å². The van der Waals surface area contributed by atoms with Gasteiger partial charge in [0.05, 0.1) is 27.4 Å². The Morgan fingerprint density at radius 1 is 0.737 bits per heavy atom. The standard InChI is InChI=1S/C26H36O12/c1-23(13-27,37-10-19(29)33-3)21(31)35-15-25-6-17-5-18(7-25)9-26(8-17,12-25)16-36-22(32)24(2,14-28)38-11-20(30)34-4/h13-14,17-18H,5-12,15-16H2,1-4H3. The van der Waals surface area contributed by atoms with Crippen LogP contribution >= 0.6 is 0 Å². The van der Waals surface area contributed by atoms with Gasteiger partial charge in [-0.05, 0) is 64.2 Å². The van der Waals surface area contributed by atoms with Crippen LogP contribution in [0.3, 0.4) is 0 Å². The van der Waals surface area contributed by atoms with Gasteiger partial charge in [0, 0.05) is 10.8 Å². The zero-order chi connectivity index (χ0) is 28.2. The van der Waals surface area contributed by atoms with Crippen LogP contribution in [0.5, 0.6) is 0 Å². The summed E-state index contributed by atoms with van der Waals surface area (Å²) < 4.78 is 30.5. The highest BCUT2D eigenvalue weighted by Gasteiger charge is 2.59. The smallest absolute Gasteiger partial charge is 0.345 e. The molecule has 4 rings (SSSR count). The lowest BCUT2D eigenvalue weighted by atomic mass is 9.44. The van der Waals surface area contributed by atoms with Crippen molar-refractivity contribution >= 4 is 36.4 Å². The molecular weight excluding hydrogens is 504 g/mol. The first-order valence-corrected chi connectivity index (χ1v) is 12.5. The number of methoxy groups -OCH3 is 2. The molecule has 0 heterocycles. The first-order valence-electron chi connectivity index (χ1n) is 12.5. The number of carbonyl (C=O) groups excluding carboxylic acids is 6. The normalized spacial score (nSPS) is 30.3. The van der Waals surface area contributed by atoms with Crippen LogP contribution in [-0.2, 0) is 57.2 Å². The van der Waals surface area contributed by atoms with Gasteiger partial charge in [0.1, 0.15) is 13.2 Å². The van der Waals surface area contributed by atoms with Crippen molar-refractivity contribution in [2.45, 2.75) is 63.6 Å². The van der Waals surface area contributed by atoms with Crippen LogP contribution < -0.4 is 0 Å². The van der Waals surface area contributed by atoms with Crippen molar-refractivity contribution in [2.75, 3.05) is 40.6 Å². The molecular formula is C26H36O12. The molecule has 38 heavy (non-hydrogen) atoms. The first-order chi connectivity index (χ1) is 17.9. The number of hydrogen-bond donors (Lipinski definition) is 0. The number of hydrogen-bond acceptors (Lipinski definition) is 12. The Bertz CT molecular complexity index is 874. The lowest BCUT2D eigenvalue weighted by Crippen LogP contribution is -2.56. The van der Waals surface area contributed by atoms with Crippen molar-refractivity contribution in [2.24, 2.45) is 22.7 Å². The molecule has 0 aromatic carbocycles. The van der Waals surface area contributed by atoms with Crippen molar-refractivity contribution < 1.29 is 57.2 Å². The molecule has 4 bridgehead atoms. The average Bonchev–Trinajstić information content (AvgIpc) is 2.90. The van der Waals surface area contributed by atoms with Crippen molar-refractivity contribution in [3.05, 3.63) is 0 Å². The van der Waals surface area contributed by atoms with Gasteiger partial charge in [-0.25, -0.2) is 19.2 Å². The van der Waals surface area contributed by atoms with Crippen molar-refractivity contribution in [1.82, 2.24) is 0 Å². The van der Waals surface area contributed by atoms with E-state index in [0.717, 1.165) is 46.3 Å². The van der Waals surface area contributed by atoms with Crippen molar-refractivity contribution in [1.29, 1.82) is 0 Å². The van der Waals surface area contributed by atoms with Gasteiger partial charge in [-0.15, -0.1) is 0 Å². The monoisotopic (exact) mass is 540 g/mol. The number of rotatable bonds is 14. The molecule has 4 saturated carbocycles. The third-order valence-corrected chi connectivity index (χ3v) is 8.02. The van der Waals surface area contributed by atoms with Gasteiger partial charge in [0.15, 0.2) is 12.6 Å². The van der Waals surface area contributed by atoms with E-state index < -0.39 is 48.3 Å². The molecule has 212 valence electrons. The molecule has 4 aliphatic carbocycles. The molecule has 2 unspecified atom stereocenters. The topological polar surface area (TPSA) is 158 Å². The van der Waals surface area contributed by atoms with Crippen LogP contribution in [0.2, 0.25) is 0 Å². The Morgan fingerprint density at radius 2 is 1.11 bits per heavy atom. The highest BCUT2D eigenvalue weighted by Crippen LogP contribution is 2.65. The average molecular weight is 541 g/mol. The van der Waals surface area contributed by atoms with E-state index in [2.05, 4.69) is 9.47 Å². The molecule has 2 atom stereocenters. The maximum Gasteiger partial charge on any atom is 0.345 e. The van der Waals surface area contributed by atoms with Gasteiger partial charge in [0.2, 0.25) is 11.2 Å². The fraction of sp³-hybridized carbons (Fsp3) is 0.769. The Morgan fingerprint density at radius 3 is 1.42 bits per heavy atom. The first kappa shape index (κ1) is 29.7. The predicted octanol–water partition coefficient (Wildman–Crippen LogP) is 0.954. The van der Waals surface area contributed by atoms with E-state index in [1.165, 1.54) is 13.8 Å². The summed E-state index contributed by atoms with van der Waals surface area (Å²) in [5, 5.41) is 0. The molecule has 0 N–H and O–H groups in total. The molecule has 0 amide bonds. The summed E-state index contributed by atoms with van der Waals surface area (Å²) in [6, 6.07) is 0. The number of aldehydes is 2. The molecule has 4 aliphatic rings. The third-order valence-electron chi connectivity index (χ3n) is 8.02. The van der Waals surface area contributed by atoms with Gasteiger partial charge < -0.3 is 28.4 Å². The van der Waals surface area contributed by atoms with Crippen LogP contribution in [0.4, 0.5) is 0 Å². The number of ether oxygens (including phenoxy) is 6. The minimum absolute atomic E-state index is 0.0633. The van der Waals surface area contributed by atoms with E-state index in [0.29, 0.717) is 30.8 Å². The summed E-state index contributed by atoms with van der Waals surface area (Å²) in [5.41, 5.74) is -4.61. The zero-order valence-electron chi connectivity index (χ0n) is 22.3. The molecule has 0 aromatic rings. The molecule has 0 spiro atoms. The lowest BCUT2D eigenvalue weighted by Gasteiger charge is -2.61. The minimum atomic E-state index is -1.95. The van der Waals surface area contributed by atoms with Crippen LogP contribution in [0.15, 0.2) is 0 Å². The van der Waals surface area contributed by atoms with Gasteiger partial charge in [-0.1, -0.05) is 0 Å². The summed E-state index contributed by atoms with van der Waals surface area (Å²) >= 11 is 0. The maximum absolute atomic E-state index is 12.8. The van der Waals surface area contributed by atoms with E-state index in [1.807, 2.05) is 0 Å². The summed E-state index contributed by atoms with van der Waals surface area (Å²) in [6.45, 7) is 1.44. The summed E-state index contributed by atoms with van der Waals surface area (Å²) in [4.78, 5) is 71.6. The second-order valence-corrected chi connectivity index (χ2v) is 11.3. The van der Waals surface area contributed by atoms with Crippen molar-refractivity contribution in [3.8, 4) is 0 Å². The number of esters is 4. The van der Waals surface area contributed by atoms with Crippen molar-refractivity contribution in [3.63, 3.8) is 0 Å². The van der Waals surface area contributed by atoms with Gasteiger partial charge >= 0.3 is 23.9 Å². The summed E-state index contributed by atoms with van der Waals surface area (Å²) in [7, 11) is 2.33. The zero-order valence-corrected chi connectivity index (χ0v) is 22.3. The molecule has 0 radical (unpaired) electrons. The van der Waals surface area contributed by atoms with E-state index in [4.69, 9.17) is 18.9 Å². The summed E-state index contributed by atoms with van der Waals surface area (Å²) in [5.74, 6) is -2.53. The van der Waals surface area contributed by atoms with Crippen LogP contribution in [0.25, 0.3) is 0 Å². The Hall–Kier alpha value is -2.86. The van der Waals surface area contributed by atoms with E-state index in [9.17, 15) is 28.8 Å². The molecule has 4 fully saturated rings. The fourth-order valence-electron chi connectivity index (χ4n) is 6.53. The molecule has 12 nitrogen and oxygen atoms in total. The molecule has 12 heteroatoms. The third kappa shape index (κ3) is 6.40. The minimum Gasteiger partial charge on any atom is -0.467 e. The highest BCUT2D eigenvalue weighted by molar-refractivity contribution is 5.97. The van der Waals surface area contributed by atoms with Crippen LogP contribution in [0.1, 0.15) is 52.4 Å². The molecule has 0 aliphatic heterocycles. The Kier molecular flexibility index (Phi) is 8.97. The number of carbonyl (C=O) groups is 6. The van der Waals surface area contributed by atoms with E-state index in [-0.39, 0.29) is 24.0 Å². The Labute approximate surface area is 220 Å². The SMILES string of the molecule is COC(=O)COC(C)(C=O)C(=O)OCC12CC3CC(C1)CC(COC(=O)C(C)(C=O)OCC(=O)OC)(C3)C2. The van der Waals surface area contributed by atoms with Gasteiger partial charge in [0.25, 0.3) is 0 Å². The maximum atomic E-state index is 12.8. The lowest BCUT2D eigenvalue weighted by molar-refractivity contribution is -0.195. The van der Waals surface area contributed by atoms with Crippen LogP contribution in [0, 0.1) is 22.7 Å². The molecule has 0 aromatic heterocycles. The largest absolute Gasteiger partial charge is 0.467 e. The van der Waals surface area contributed by atoms with Gasteiger partial charge in [-0.3, -0.25) is 9.59 Å². The molecule has 0 saturated heterocycles. The van der Waals surface area contributed by atoms with E-state index >= 15 is 0 Å².